The summed E-state index contributed by atoms with van der Waals surface area (Å²) in [5.41, 5.74) is -0.330. The molecule has 8 heteroatoms. The number of hydrogen-bond acceptors (Lipinski definition) is 5. The molecule has 21 heavy (non-hydrogen) atoms. The molecule has 2 rings (SSSR count). The molecular formula is C13H15IN2O5. The summed E-state index contributed by atoms with van der Waals surface area (Å²) in [4.78, 5) is 22.5. The maximum atomic E-state index is 12.2. The van der Waals surface area contributed by atoms with Gasteiger partial charge in [0.25, 0.3) is 11.6 Å². The number of carbonyl (C=O) groups is 1. The average molecular weight is 406 g/mol. The molecule has 1 aliphatic rings. The first-order chi connectivity index (χ1) is 9.97. The van der Waals surface area contributed by atoms with Crippen LogP contribution < -0.4 is 5.32 Å². The quantitative estimate of drug-likeness (QED) is 0.457. The number of non-ortho nitro benzene ring substituents is 1. The summed E-state index contributed by atoms with van der Waals surface area (Å²) < 4.78 is 11.4. The van der Waals surface area contributed by atoms with Gasteiger partial charge in [-0.15, -0.1) is 0 Å². The van der Waals surface area contributed by atoms with Gasteiger partial charge in [0.05, 0.1) is 17.1 Å². The van der Waals surface area contributed by atoms with E-state index in [1.165, 1.54) is 12.1 Å². The van der Waals surface area contributed by atoms with E-state index in [1.807, 2.05) is 22.6 Å². The molecule has 0 aliphatic carbocycles. The number of nitro groups is 1. The number of methoxy groups -OCH3 is 1. The number of carbonyl (C=O) groups excluding carboxylic acids is 1. The van der Waals surface area contributed by atoms with E-state index in [-0.39, 0.29) is 17.2 Å². The zero-order valence-electron chi connectivity index (χ0n) is 11.4. The predicted octanol–water partition coefficient (Wildman–Crippen LogP) is 1.73. The molecular weight excluding hydrogens is 391 g/mol. The van der Waals surface area contributed by atoms with Crippen molar-refractivity contribution in [2.75, 3.05) is 26.9 Å². The zero-order valence-corrected chi connectivity index (χ0v) is 13.6. The van der Waals surface area contributed by atoms with Crippen molar-refractivity contribution in [1.82, 2.24) is 5.32 Å². The second-order valence-electron chi connectivity index (χ2n) is 4.79. The monoisotopic (exact) mass is 406 g/mol. The molecule has 0 bridgehead atoms. The standard InChI is InChI=1S/C13H15IN2O5/c1-20-13(4-5-21-8-13)7-15-12(17)10-6-9(16(18)19)2-3-11(10)14/h2-3,6H,4-5,7-8H2,1H3,(H,15,17). The van der Waals surface area contributed by atoms with E-state index >= 15 is 0 Å². The van der Waals surface area contributed by atoms with E-state index in [0.717, 1.165) is 0 Å². The molecule has 1 N–H and O–H groups in total. The number of ether oxygens (including phenoxy) is 2. The highest BCUT2D eigenvalue weighted by molar-refractivity contribution is 14.1. The minimum atomic E-state index is -0.520. The topological polar surface area (TPSA) is 90.7 Å². The summed E-state index contributed by atoms with van der Waals surface area (Å²) in [5, 5.41) is 13.6. The van der Waals surface area contributed by atoms with Crippen molar-refractivity contribution in [2.24, 2.45) is 0 Å². The second kappa shape index (κ2) is 6.67. The van der Waals surface area contributed by atoms with Crippen molar-refractivity contribution >= 4 is 34.2 Å². The van der Waals surface area contributed by atoms with Crippen LogP contribution in [0.25, 0.3) is 0 Å². The summed E-state index contributed by atoms with van der Waals surface area (Å²) in [5.74, 6) is -0.355. The van der Waals surface area contributed by atoms with Gasteiger partial charge in [0, 0.05) is 42.4 Å². The third-order valence-corrected chi connectivity index (χ3v) is 4.42. The number of nitrogens with one attached hydrogen (secondary N) is 1. The largest absolute Gasteiger partial charge is 0.378 e. The lowest BCUT2D eigenvalue weighted by atomic mass is 10.0. The number of amides is 1. The highest BCUT2D eigenvalue weighted by Gasteiger charge is 2.35. The molecule has 0 radical (unpaired) electrons. The third kappa shape index (κ3) is 3.69. The Morgan fingerprint density at radius 3 is 2.95 bits per heavy atom. The molecule has 0 aromatic heterocycles. The molecule has 1 unspecified atom stereocenters. The molecule has 1 aromatic rings. The molecule has 1 fully saturated rings. The first-order valence-corrected chi connectivity index (χ1v) is 7.40. The van der Waals surface area contributed by atoms with Gasteiger partial charge >= 0.3 is 0 Å². The summed E-state index contributed by atoms with van der Waals surface area (Å²) in [6.07, 6.45) is 0.704. The minimum Gasteiger partial charge on any atom is -0.378 e. The van der Waals surface area contributed by atoms with Gasteiger partial charge in [-0.2, -0.15) is 0 Å². The molecule has 1 heterocycles. The fraction of sp³-hybridized carbons (Fsp3) is 0.462. The number of rotatable bonds is 5. The predicted molar refractivity (Wildman–Crippen MR) is 83.3 cm³/mol. The van der Waals surface area contributed by atoms with Gasteiger partial charge in [-0.05, 0) is 28.7 Å². The Kier molecular flexibility index (Phi) is 5.12. The molecule has 1 amide bonds. The van der Waals surface area contributed by atoms with Crippen LogP contribution in [0.2, 0.25) is 0 Å². The Hall–Kier alpha value is -1.26. The normalized spacial score (nSPS) is 21.2. The van der Waals surface area contributed by atoms with Crippen LogP contribution in [-0.2, 0) is 9.47 Å². The van der Waals surface area contributed by atoms with E-state index in [4.69, 9.17) is 9.47 Å². The van der Waals surface area contributed by atoms with Crippen LogP contribution in [0.4, 0.5) is 5.69 Å². The number of nitro benzene ring substituents is 1. The number of hydrogen-bond donors (Lipinski definition) is 1. The third-order valence-electron chi connectivity index (χ3n) is 3.48. The van der Waals surface area contributed by atoms with Crippen molar-refractivity contribution in [2.45, 2.75) is 12.0 Å². The van der Waals surface area contributed by atoms with Crippen LogP contribution in [-0.4, -0.2) is 43.3 Å². The Morgan fingerprint density at radius 1 is 1.62 bits per heavy atom. The van der Waals surface area contributed by atoms with E-state index in [0.29, 0.717) is 29.7 Å². The first-order valence-electron chi connectivity index (χ1n) is 6.32. The fourth-order valence-corrected chi connectivity index (χ4v) is 2.68. The summed E-state index contributed by atoms with van der Waals surface area (Å²) in [7, 11) is 1.58. The van der Waals surface area contributed by atoms with Gasteiger partial charge in [-0.1, -0.05) is 0 Å². The van der Waals surface area contributed by atoms with Crippen LogP contribution in [0.5, 0.6) is 0 Å². The highest BCUT2D eigenvalue weighted by Crippen LogP contribution is 2.23. The molecule has 1 aromatic carbocycles. The van der Waals surface area contributed by atoms with Crippen LogP contribution in [0.3, 0.4) is 0 Å². The van der Waals surface area contributed by atoms with E-state index in [1.54, 1.807) is 13.2 Å². The van der Waals surface area contributed by atoms with Crippen molar-refractivity contribution in [3.63, 3.8) is 0 Å². The minimum absolute atomic E-state index is 0.105. The second-order valence-corrected chi connectivity index (χ2v) is 5.96. The van der Waals surface area contributed by atoms with Gasteiger partial charge in [0.1, 0.15) is 5.60 Å². The lowest BCUT2D eigenvalue weighted by molar-refractivity contribution is -0.384. The molecule has 114 valence electrons. The average Bonchev–Trinajstić information content (AvgIpc) is 2.94. The summed E-state index contributed by atoms with van der Waals surface area (Å²) >= 11 is 1.98. The van der Waals surface area contributed by atoms with Crippen LogP contribution in [0.15, 0.2) is 18.2 Å². The molecule has 0 saturated carbocycles. The maximum Gasteiger partial charge on any atom is 0.270 e. The van der Waals surface area contributed by atoms with E-state index < -0.39 is 10.5 Å². The van der Waals surface area contributed by atoms with E-state index in [9.17, 15) is 14.9 Å². The number of benzene rings is 1. The van der Waals surface area contributed by atoms with E-state index in [2.05, 4.69) is 5.32 Å². The molecule has 1 saturated heterocycles. The van der Waals surface area contributed by atoms with Gasteiger partial charge in [0.2, 0.25) is 0 Å². The smallest absolute Gasteiger partial charge is 0.270 e. The van der Waals surface area contributed by atoms with Crippen LogP contribution in [0.1, 0.15) is 16.8 Å². The fourth-order valence-electron chi connectivity index (χ4n) is 2.10. The van der Waals surface area contributed by atoms with Crippen molar-refractivity contribution < 1.29 is 19.2 Å². The van der Waals surface area contributed by atoms with Gasteiger partial charge in [0.15, 0.2) is 0 Å². The molecule has 7 nitrogen and oxygen atoms in total. The van der Waals surface area contributed by atoms with Crippen molar-refractivity contribution in [3.8, 4) is 0 Å². The lowest BCUT2D eigenvalue weighted by Crippen LogP contribution is -2.45. The highest BCUT2D eigenvalue weighted by atomic mass is 127. The Bertz CT molecular complexity index is 557. The zero-order chi connectivity index (χ0) is 15.5. The molecule has 1 atom stereocenters. The molecule has 0 spiro atoms. The maximum absolute atomic E-state index is 12.2. The Balaban J connectivity index is 2.09. The summed E-state index contributed by atoms with van der Waals surface area (Å²) in [6.45, 7) is 1.33. The van der Waals surface area contributed by atoms with Gasteiger partial charge < -0.3 is 14.8 Å². The lowest BCUT2D eigenvalue weighted by Gasteiger charge is -2.25. The van der Waals surface area contributed by atoms with Gasteiger partial charge in [-0.25, -0.2) is 0 Å². The first kappa shape index (κ1) is 16.1. The number of halogens is 1. The number of nitrogens with zero attached hydrogens (tertiary/aromatic N) is 1. The Morgan fingerprint density at radius 2 is 2.38 bits per heavy atom. The Labute approximate surface area is 135 Å². The van der Waals surface area contributed by atoms with Crippen LogP contribution >= 0.6 is 22.6 Å². The van der Waals surface area contributed by atoms with Crippen LogP contribution in [0, 0.1) is 13.7 Å². The van der Waals surface area contributed by atoms with Crippen molar-refractivity contribution in [3.05, 3.63) is 37.4 Å². The molecule has 1 aliphatic heterocycles. The summed E-state index contributed by atoms with van der Waals surface area (Å²) in [6, 6.07) is 4.21. The van der Waals surface area contributed by atoms with Crippen molar-refractivity contribution in [1.29, 1.82) is 0 Å². The SMILES string of the molecule is COC1(CNC(=O)c2cc([N+](=O)[O-])ccc2I)CCOC1. The van der Waals surface area contributed by atoms with Gasteiger partial charge in [-0.3, -0.25) is 14.9 Å².